The number of nitrogen functional groups attached to an aromatic ring is 1. The van der Waals surface area contributed by atoms with E-state index in [0.29, 0.717) is 35.6 Å². The molecule has 1 amide bonds. The number of thiophene rings is 1. The molecule has 32 heavy (non-hydrogen) atoms. The highest BCUT2D eigenvalue weighted by molar-refractivity contribution is 7.14. The minimum Gasteiger partial charge on any atom is -0.481 e. The molecule has 2 aromatic heterocycles. The third kappa shape index (κ3) is 5.63. The molecule has 2 atom stereocenters. The number of carboxylic acid groups (broad SMARTS) is 2. The minimum atomic E-state index is -1.27. The van der Waals surface area contributed by atoms with Crippen molar-refractivity contribution in [3.05, 3.63) is 37.3 Å². The highest BCUT2D eigenvalue weighted by atomic mass is 32.1. The lowest BCUT2D eigenvalue weighted by molar-refractivity contribution is -0.140. The molecule has 0 fully saturated rings. The molecule has 1 aliphatic heterocycles. The Bertz CT molecular complexity index is 1090. The molecule has 0 aliphatic carbocycles. The molecule has 0 saturated carbocycles. The molecule has 0 aromatic carbocycles. The largest absolute Gasteiger partial charge is 0.481 e. The number of carbonyl (C=O) groups excluding carboxylic acids is 1. The van der Waals surface area contributed by atoms with E-state index in [2.05, 4.69) is 20.6 Å². The van der Waals surface area contributed by atoms with Crippen LogP contribution in [0.4, 0.5) is 11.8 Å². The van der Waals surface area contributed by atoms with E-state index in [1.807, 2.05) is 6.92 Å². The highest BCUT2D eigenvalue weighted by Crippen LogP contribution is 2.28. The number of amides is 1. The third-order valence-corrected chi connectivity index (χ3v) is 6.65. The van der Waals surface area contributed by atoms with Crippen LogP contribution in [-0.4, -0.2) is 50.6 Å². The monoisotopic (exact) mass is 463 g/mol. The fourth-order valence-corrected chi connectivity index (χ4v) is 4.72. The summed E-state index contributed by atoms with van der Waals surface area (Å²) in [6, 6.07) is 0.440. The number of aromatic nitrogens is 2. The van der Waals surface area contributed by atoms with Crippen LogP contribution < -0.4 is 21.9 Å². The lowest BCUT2D eigenvalue weighted by Gasteiger charge is -2.24. The summed E-state index contributed by atoms with van der Waals surface area (Å²) in [5.41, 5.74) is 6.84. The van der Waals surface area contributed by atoms with Gasteiger partial charge in [-0.1, -0.05) is 0 Å². The first-order valence-electron chi connectivity index (χ1n) is 10.1. The van der Waals surface area contributed by atoms with Crippen LogP contribution in [0.25, 0.3) is 0 Å². The SMILES string of the molecule is Cc1cc(C(=O)NC(CCC(=O)O)C(=O)O)sc1CC[C@@H]1CNc2nc(N)[nH]c(=O)c2C1. The second-order valence-corrected chi connectivity index (χ2v) is 8.92. The number of nitrogens with two attached hydrogens (primary N) is 1. The molecule has 1 unspecified atom stereocenters. The van der Waals surface area contributed by atoms with Gasteiger partial charge in [-0.05, 0) is 50.2 Å². The van der Waals surface area contributed by atoms with Crippen LogP contribution in [0.1, 0.15) is 44.9 Å². The fraction of sp³-hybridized carbons (Fsp3) is 0.450. The van der Waals surface area contributed by atoms with E-state index in [9.17, 15) is 24.3 Å². The van der Waals surface area contributed by atoms with Gasteiger partial charge in [0.2, 0.25) is 5.95 Å². The first-order chi connectivity index (χ1) is 15.1. The van der Waals surface area contributed by atoms with Crippen molar-refractivity contribution < 1.29 is 24.6 Å². The average Bonchev–Trinajstić information content (AvgIpc) is 3.10. The molecule has 11 nitrogen and oxygen atoms in total. The summed E-state index contributed by atoms with van der Waals surface area (Å²) in [6.45, 7) is 2.54. The molecular weight excluding hydrogens is 438 g/mol. The summed E-state index contributed by atoms with van der Waals surface area (Å²) in [7, 11) is 0. The number of aliphatic carboxylic acids is 2. The minimum absolute atomic E-state index is 0.0767. The van der Waals surface area contributed by atoms with E-state index >= 15 is 0 Å². The van der Waals surface area contributed by atoms with Gasteiger partial charge in [0.1, 0.15) is 11.9 Å². The smallest absolute Gasteiger partial charge is 0.326 e. The van der Waals surface area contributed by atoms with E-state index < -0.39 is 23.9 Å². The second kappa shape index (κ2) is 9.81. The first-order valence-corrected chi connectivity index (χ1v) is 10.9. The summed E-state index contributed by atoms with van der Waals surface area (Å²) in [6.07, 6.45) is 1.52. The zero-order chi connectivity index (χ0) is 23.4. The summed E-state index contributed by atoms with van der Waals surface area (Å²) in [5.74, 6) is -2.13. The summed E-state index contributed by atoms with van der Waals surface area (Å²) in [5, 5.41) is 23.5. The number of carbonyl (C=O) groups is 3. The predicted molar refractivity (Wildman–Crippen MR) is 118 cm³/mol. The van der Waals surface area contributed by atoms with Gasteiger partial charge in [0.15, 0.2) is 0 Å². The van der Waals surface area contributed by atoms with Crippen molar-refractivity contribution in [2.75, 3.05) is 17.6 Å². The van der Waals surface area contributed by atoms with E-state index in [1.54, 1.807) is 6.07 Å². The Morgan fingerprint density at radius 3 is 2.81 bits per heavy atom. The van der Waals surface area contributed by atoms with Gasteiger partial charge in [-0.25, -0.2) is 4.79 Å². The number of hydrogen-bond donors (Lipinski definition) is 6. The zero-order valence-electron chi connectivity index (χ0n) is 17.4. The lowest BCUT2D eigenvalue weighted by Crippen LogP contribution is -2.40. The van der Waals surface area contributed by atoms with E-state index in [1.165, 1.54) is 11.3 Å². The molecule has 0 radical (unpaired) electrons. The third-order valence-electron chi connectivity index (χ3n) is 5.36. The normalized spacial score (nSPS) is 16.0. The Balaban J connectivity index is 1.60. The molecule has 3 rings (SSSR count). The number of fused-ring (bicyclic) bond motifs is 1. The van der Waals surface area contributed by atoms with Crippen molar-refractivity contribution >= 4 is 40.9 Å². The predicted octanol–water partition coefficient (Wildman–Crippen LogP) is 0.987. The van der Waals surface area contributed by atoms with Gasteiger partial charge in [-0.3, -0.25) is 19.4 Å². The first kappa shape index (κ1) is 23.3. The Morgan fingerprint density at radius 2 is 2.12 bits per heavy atom. The summed E-state index contributed by atoms with van der Waals surface area (Å²) >= 11 is 1.29. The van der Waals surface area contributed by atoms with Gasteiger partial charge in [-0.15, -0.1) is 11.3 Å². The molecular formula is C20H25N5O6S. The van der Waals surface area contributed by atoms with Crippen molar-refractivity contribution in [2.24, 2.45) is 5.92 Å². The van der Waals surface area contributed by atoms with Crippen LogP contribution in [0.2, 0.25) is 0 Å². The van der Waals surface area contributed by atoms with E-state index in [4.69, 9.17) is 10.8 Å². The number of aromatic amines is 1. The molecule has 0 bridgehead atoms. The topological polar surface area (TPSA) is 188 Å². The molecule has 3 heterocycles. The number of hydrogen-bond acceptors (Lipinski definition) is 8. The Hall–Kier alpha value is -3.41. The van der Waals surface area contributed by atoms with Crippen LogP contribution in [0.5, 0.6) is 0 Å². The molecule has 0 spiro atoms. The number of H-pyrrole nitrogens is 1. The van der Waals surface area contributed by atoms with Crippen molar-refractivity contribution in [3.8, 4) is 0 Å². The Morgan fingerprint density at radius 1 is 1.38 bits per heavy atom. The van der Waals surface area contributed by atoms with Crippen LogP contribution >= 0.6 is 11.3 Å². The van der Waals surface area contributed by atoms with E-state index in [-0.39, 0.29) is 30.3 Å². The maximum absolute atomic E-state index is 12.5. The number of rotatable bonds is 9. The number of carboxylic acids is 2. The fourth-order valence-electron chi connectivity index (χ4n) is 3.63. The van der Waals surface area contributed by atoms with Crippen molar-refractivity contribution in [2.45, 2.75) is 45.1 Å². The summed E-state index contributed by atoms with van der Waals surface area (Å²) in [4.78, 5) is 54.6. The van der Waals surface area contributed by atoms with Gasteiger partial charge >= 0.3 is 11.9 Å². The number of aryl methyl sites for hydroxylation is 2. The molecule has 7 N–H and O–H groups in total. The molecule has 1 aliphatic rings. The summed E-state index contributed by atoms with van der Waals surface area (Å²) < 4.78 is 0. The maximum Gasteiger partial charge on any atom is 0.326 e. The van der Waals surface area contributed by atoms with Gasteiger partial charge in [0.25, 0.3) is 11.5 Å². The van der Waals surface area contributed by atoms with Crippen LogP contribution in [-0.2, 0) is 22.4 Å². The molecule has 0 saturated heterocycles. The van der Waals surface area contributed by atoms with Crippen molar-refractivity contribution in [3.63, 3.8) is 0 Å². The average molecular weight is 464 g/mol. The molecule has 172 valence electrons. The lowest BCUT2D eigenvalue weighted by atomic mass is 9.92. The Kier molecular flexibility index (Phi) is 7.13. The van der Waals surface area contributed by atoms with Crippen LogP contribution in [0.15, 0.2) is 10.9 Å². The highest BCUT2D eigenvalue weighted by Gasteiger charge is 2.25. The number of nitrogens with one attached hydrogen (secondary N) is 3. The maximum atomic E-state index is 12.5. The van der Waals surface area contributed by atoms with Crippen molar-refractivity contribution in [1.29, 1.82) is 0 Å². The van der Waals surface area contributed by atoms with E-state index in [0.717, 1.165) is 16.9 Å². The second-order valence-electron chi connectivity index (χ2n) is 7.78. The van der Waals surface area contributed by atoms with Crippen molar-refractivity contribution in [1.82, 2.24) is 15.3 Å². The zero-order valence-corrected chi connectivity index (χ0v) is 18.3. The van der Waals surface area contributed by atoms with Crippen LogP contribution in [0.3, 0.4) is 0 Å². The van der Waals surface area contributed by atoms with Gasteiger partial charge in [0.05, 0.1) is 10.4 Å². The number of nitrogens with zero attached hydrogens (tertiary/aromatic N) is 1. The van der Waals surface area contributed by atoms with Gasteiger partial charge in [0, 0.05) is 17.8 Å². The molecule has 12 heteroatoms. The quantitative estimate of drug-likeness (QED) is 0.315. The van der Waals surface area contributed by atoms with Gasteiger partial charge < -0.3 is 26.6 Å². The Labute approximate surface area is 187 Å². The number of anilines is 2. The standard InChI is InChI=1S/C20H25N5O6S/c1-9-6-14(18(29)23-12(19(30)31)3-5-15(26)27)32-13(9)4-2-10-7-11-16(22-8-10)24-20(21)25-17(11)28/h6,10,12H,2-5,7-8H2,1H3,(H,23,29)(H,26,27)(H,30,31)(H4,21,22,24,25,28)/t10-,12?/m0/s1. The van der Waals surface area contributed by atoms with Crippen LogP contribution in [0, 0.1) is 12.8 Å². The van der Waals surface area contributed by atoms with Gasteiger partial charge in [-0.2, -0.15) is 4.98 Å². The molecule has 2 aromatic rings.